The van der Waals surface area contributed by atoms with Gasteiger partial charge in [0.25, 0.3) is 0 Å². The summed E-state index contributed by atoms with van der Waals surface area (Å²) < 4.78 is 3.15. The average molecular weight is 295 g/mol. The van der Waals surface area contributed by atoms with E-state index in [9.17, 15) is 0 Å². The van der Waals surface area contributed by atoms with E-state index in [1.54, 1.807) is 0 Å². The number of imidazole rings is 1. The highest BCUT2D eigenvalue weighted by Gasteiger charge is 2.26. The second-order valence-corrected chi connectivity index (χ2v) is 6.66. The molecule has 2 aromatic rings. The van der Waals surface area contributed by atoms with Gasteiger partial charge in [-0.15, -0.1) is 0 Å². The SMILES string of the molecule is CCC(CC)(Cn1c(=S)[nH]c2cc(C)cnc21)SC. The Morgan fingerprint density at radius 3 is 2.68 bits per heavy atom. The molecule has 2 aromatic heterocycles. The Bertz CT molecular complexity index is 615. The number of aromatic nitrogens is 3. The molecule has 0 saturated carbocycles. The third-order valence-corrected chi connectivity index (χ3v) is 5.81. The zero-order chi connectivity index (χ0) is 14.0. The molecule has 0 aliphatic rings. The lowest BCUT2D eigenvalue weighted by atomic mass is 10.0. The molecular weight excluding hydrogens is 274 g/mol. The van der Waals surface area contributed by atoms with Gasteiger partial charge in [0.05, 0.1) is 5.52 Å². The molecule has 0 unspecified atom stereocenters. The summed E-state index contributed by atoms with van der Waals surface area (Å²) in [6, 6.07) is 2.10. The minimum atomic E-state index is 0.236. The highest BCUT2D eigenvalue weighted by molar-refractivity contribution is 8.00. The maximum Gasteiger partial charge on any atom is 0.179 e. The van der Waals surface area contributed by atoms with E-state index in [1.807, 2.05) is 24.9 Å². The quantitative estimate of drug-likeness (QED) is 0.834. The number of H-pyrrole nitrogens is 1. The maximum absolute atomic E-state index is 5.47. The summed E-state index contributed by atoms with van der Waals surface area (Å²) in [5.74, 6) is 0. The van der Waals surface area contributed by atoms with E-state index in [2.05, 4.69) is 40.7 Å². The second-order valence-electron chi connectivity index (χ2n) is 4.99. The third-order valence-electron chi connectivity index (χ3n) is 3.91. The minimum Gasteiger partial charge on any atom is -0.329 e. The Balaban J connectivity index is 2.51. The van der Waals surface area contributed by atoms with Crippen molar-refractivity contribution in [2.24, 2.45) is 0 Å². The summed E-state index contributed by atoms with van der Waals surface area (Å²) in [4.78, 5) is 7.81. The number of hydrogen-bond acceptors (Lipinski definition) is 3. The zero-order valence-corrected chi connectivity index (χ0v) is 13.6. The highest BCUT2D eigenvalue weighted by Crippen LogP contribution is 2.33. The summed E-state index contributed by atoms with van der Waals surface area (Å²) in [5, 5.41) is 0. The third kappa shape index (κ3) is 2.72. The van der Waals surface area contributed by atoms with E-state index < -0.39 is 0 Å². The number of rotatable bonds is 5. The van der Waals surface area contributed by atoms with E-state index in [-0.39, 0.29) is 4.75 Å². The van der Waals surface area contributed by atoms with Crippen LogP contribution >= 0.6 is 24.0 Å². The molecule has 0 saturated heterocycles. The summed E-state index contributed by atoms with van der Waals surface area (Å²) in [5.41, 5.74) is 3.15. The maximum atomic E-state index is 5.47. The fraction of sp³-hybridized carbons (Fsp3) is 0.571. The monoisotopic (exact) mass is 295 g/mol. The van der Waals surface area contributed by atoms with Gasteiger partial charge < -0.3 is 9.55 Å². The van der Waals surface area contributed by atoms with Gasteiger partial charge in [0.2, 0.25) is 0 Å². The van der Waals surface area contributed by atoms with Crippen LogP contribution in [0.25, 0.3) is 11.2 Å². The van der Waals surface area contributed by atoms with Gasteiger partial charge in [-0.25, -0.2) is 4.98 Å². The summed E-state index contributed by atoms with van der Waals surface area (Å²) in [6.07, 6.45) is 6.35. The van der Waals surface area contributed by atoms with Crippen LogP contribution in [0, 0.1) is 11.7 Å². The molecule has 0 radical (unpaired) electrons. The van der Waals surface area contributed by atoms with Gasteiger partial charge >= 0.3 is 0 Å². The Morgan fingerprint density at radius 2 is 2.11 bits per heavy atom. The number of nitrogens with one attached hydrogen (secondary N) is 1. The molecule has 1 N–H and O–H groups in total. The second kappa shape index (κ2) is 5.67. The lowest BCUT2D eigenvalue weighted by Gasteiger charge is -2.30. The Labute approximate surface area is 123 Å². The lowest BCUT2D eigenvalue weighted by molar-refractivity contribution is 0.469. The molecule has 0 atom stereocenters. The van der Waals surface area contributed by atoms with Crippen LogP contribution < -0.4 is 0 Å². The molecule has 0 aliphatic carbocycles. The van der Waals surface area contributed by atoms with Crippen molar-refractivity contribution in [1.82, 2.24) is 14.5 Å². The largest absolute Gasteiger partial charge is 0.329 e. The van der Waals surface area contributed by atoms with Crippen LogP contribution in [0.3, 0.4) is 0 Å². The van der Waals surface area contributed by atoms with Crippen LogP contribution in [0.4, 0.5) is 0 Å². The van der Waals surface area contributed by atoms with Gasteiger partial charge in [0.15, 0.2) is 10.4 Å². The van der Waals surface area contributed by atoms with Crippen molar-refractivity contribution in [2.45, 2.75) is 44.9 Å². The highest BCUT2D eigenvalue weighted by atomic mass is 32.2. The van der Waals surface area contributed by atoms with Crippen LogP contribution in [-0.2, 0) is 6.54 Å². The van der Waals surface area contributed by atoms with Crippen LogP contribution in [0.15, 0.2) is 12.3 Å². The number of pyridine rings is 1. The van der Waals surface area contributed by atoms with Gasteiger partial charge in [-0.1, -0.05) is 13.8 Å². The molecular formula is C14H21N3S2. The van der Waals surface area contributed by atoms with Crippen molar-refractivity contribution in [2.75, 3.05) is 6.26 Å². The summed E-state index contributed by atoms with van der Waals surface area (Å²) >= 11 is 7.39. The topological polar surface area (TPSA) is 33.6 Å². The van der Waals surface area contributed by atoms with Crippen molar-refractivity contribution in [1.29, 1.82) is 0 Å². The van der Waals surface area contributed by atoms with Crippen molar-refractivity contribution >= 4 is 35.1 Å². The summed E-state index contributed by atoms with van der Waals surface area (Å²) in [7, 11) is 0. The van der Waals surface area contributed by atoms with E-state index in [1.165, 1.54) is 0 Å². The first-order valence-electron chi connectivity index (χ1n) is 6.65. The number of thioether (sulfide) groups is 1. The van der Waals surface area contributed by atoms with Crippen LogP contribution in [-0.4, -0.2) is 25.5 Å². The molecule has 0 aromatic carbocycles. The molecule has 2 heterocycles. The first-order chi connectivity index (χ1) is 9.05. The molecule has 0 aliphatic heterocycles. The number of hydrogen-bond donors (Lipinski definition) is 1. The molecule has 3 nitrogen and oxygen atoms in total. The molecule has 5 heteroatoms. The zero-order valence-electron chi connectivity index (χ0n) is 12.0. The lowest BCUT2D eigenvalue weighted by Crippen LogP contribution is -2.29. The van der Waals surface area contributed by atoms with Crippen LogP contribution in [0.5, 0.6) is 0 Å². The molecule has 0 amide bonds. The molecule has 2 rings (SSSR count). The fourth-order valence-electron chi connectivity index (χ4n) is 2.41. The predicted octanol–water partition coefficient (Wildman–Crippen LogP) is 4.32. The standard InChI is InChI=1S/C14H21N3S2/c1-5-14(6-2,19-4)9-17-12-11(16-13(17)18)7-10(3)8-15-12/h7-8H,5-6,9H2,1-4H3,(H,16,18). The Morgan fingerprint density at radius 1 is 1.42 bits per heavy atom. The van der Waals surface area contributed by atoms with Crippen molar-refractivity contribution in [3.05, 3.63) is 22.6 Å². The Kier molecular flexibility index (Phi) is 4.36. The van der Waals surface area contributed by atoms with E-state index in [0.717, 1.165) is 40.9 Å². The molecule has 0 fully saturated rings. The number of fused-ring (bicyclic) bond motifs is 1. The van der Waals surface area contributed by atoms with E-state index in [4.69, 9.17) is 12.2 Å². The van der Waals surface area contributed by atoms with Gasteiger partial charge in [-0.3, -0.25) is 0 Å². The molecule has 0 bridgehead atoms. The van der Waals surface area contributed by atoms with Gasteiger partial charge in [0.1, 0.15) is 0 Å². The first-order valence-corrected chi connectivity index (χ1v) is 8.29. The predicted molar refractivity (Wildman–Crippen MR) is 86.5 cm³/mol. The summed E-state index contributed by atoms with van der Waals surface area (Å²) in [6.45, 7) is 7.45. The number of aromatic amines is 1. The average Bonchev–Trinajstić information content (AvgIpc) is 2.71. The fourth-order valence-corrected chi connectivity index (χ4v) is 3.51. The normalized spacial score (nSPS) is 12.2. The number of nitrogens with zero attached hydrogens (tertiary/aromatic N) is 2. The van der Waals surface area contributed by atoms with Crippen molar-refractivity contribution < 1.29 is 0 Å². The molecule has 19 heavy (non-hydrogen) atoms. The van der Waals surface area contributed by atoms with Crippen LogP contribution in [0.2, 0.25) is 0 Å². The van der Waals surface area contributed by atoms with Gasteiger partial charge in [-0.05, 0) is 49.9 Å². The van der Waals surface area contributed by atoms with Gasteiger partial charge in [0, 0.05) is 17.5 Å². The Hall–Kier alpha value is -0.810. The van der Waals surface area contributed by atoms with E-state index in [0.29, 0.717) is 0 Å². The van der Waals surface area contributed by atoms with Crippen molar-refractivity contribution in [3.8, 4) is 0 Å². The van der Waals surface area contributed by atoms with E-state index >= 15 is 0 Å². The van der Waals surface area contributed by atoms with Crippen LogP contribution in [0.1, 0.15) is 32.3 Å². The smallest absolute Gasteiger partial charge is 0.179 e. The number of aryl methyl sites for hydroxylation is 1. The van der Waals surface area contributed by atoms with Crippen molar-refractivity contribution in [3.63, 3.8) is 0 Å². The molecule has 0 spiro atoms. The minimum absolute atomic E-state index is 0.236. The molecule has 104 valence electrons. The first kappa shape index (κ1) is 14.6. The van der Waals surface area contributed by atoms with Gasteiger partial charge in [-0.2, -0.15) is 11.8 Å².